The van der Waals surface area contributed by atoms with Gasteiger partial charge in [-0.25, -0.2) is 13.1 Å². The minimum absolute atomic E-state index is 0.0272. The van der Waals surface area contributed by atoms with Crippen LogP contribution in [0.5, 0.6) is 0 Å². The molecule has 0 fully saturated rings. The maximum absolute atomic E-state index is 11.9. The van der Waals surface area contributed by atoms with E-state index in [4.69, 9.17) is 0 Å². The van der Waals surface area contributed by atoms with Crippen molar-refractivity contribution in [1.82, 2.24) is 14.9 Å². The molecule has 0 aromatic heterocycles. The maximum atomic E-state index is 11.9. The van der Waals surface area contributed by atoms with Crippen molar-refractivity contribution < 1.29 is 8.42 Å². The Balaban J connectivity index is 3.82. The standard InChI is InChI=1S/C15H35N3O2S/c1-5-16-12-8-9-14-21(19,20)17-15(4)11-10-13-18(6-2)7-3/h15-17H,5-14H2,1-4H3. The Morgan fingerprint density at radius 1 is 1.05 bits per heavy atom. The summed E-state index contributed by atoms with van der Waals surface area (Å²) in [4.78, 5) is 2.36. The Labute approximate surface area is 131 Å². The first-order chi connectivity index (χ1) is 9.95. The summed E-state index contributed by atoms with van der Waals surface area (Å²) in [5.41, 5.74) is 0. The summed E-state index contributed by atoms with van der Waals surface area (Å²) >= 11 is 0. The lowest BCUT2D eigenvalue weighted by Crippen LogP contribution is -2.35. The number of sulfonamides is 1. The summed E-state index contributed by atoms with van der Waals surface area (Å²) in [5.74, 6) is 0.235. The quantitative estimate of drug-likeness (QED) is 0.479. The van der Waals surface area contributed by atoms with Gasteiger partial charge < -0.3 is 10.2 Å². The molecular weight excluding hydrogens is 286 g/mol. The zero-order valence-electron chi connectivity index (χ0n) is 14.3. The van der Waals surface area contributed by atoms with E-state index < -0.39 is 10.0 Å². The Morgan fingerprint density at radius 3 is 2.29 bits per heavy atom. The number of rotatable bonds is 14. The van der Waals surface area contributed by atoms with Crippen LogP contribution in [-0.2, 0) is 10.0 Å². The smallest absolute Gasteiger partial charge is 0.211 e. The Morgan fingerprint density at radius 2 is 1.71 bits per heavy atom. The second-order valence-corrected chi connectivity index (χ2v) is 7.44. The predicted octanol–water partition coefficient (Wildman–Crippen LogP) is 1.81. The number of hydrogen-bond donors (Lipinski definition) is 2. The first kappa shape index (κ1) is 20.8. The molecule has 5 nitrogen and oxygen atoms in total. The third-order valence-electron chi connectivity index (χ3n) is 3.65. The first-order valence-corrected chi connectivity index (χ1v) is 10.0. The largest absolute Gasteiger partial charge is 0.317 e. The second-order valence-electron chi connectivity index (χ2n) is 5.57. The van der Waals surface area contributed by atoms with E-state index in [1.807, 2.05) is 6.92 Å². The van der Waals surface area contributed by atoms with Crippen molar-refractivity contribution in [3.05, 3.63) is 0 Å². The van der Waals surface area contributed by atoms with Gasteiger partial charge in [-0.2, -0.15) is 0 Å². The van der Waals surface area contributed by atoms with Crippen LogP contribution >= 0.6 is 0 Å². The fraction of sp³-hybridized carbons (Fsp3) is 1.00. The van der Waals surface area contributed by atoms with Gasteiger partial charge in [0.1, 0.15) is 0 Å². The molecule has 0 saturated carbocycles. The molecule has 0 bridgehead atoms. The molecule has 0 aromatic rings. The van der Waals surface area contributed by atoms with E-state index in [-0.39, 0.29) is 11.8 Å². The molecule has 0 heterocycles. The lowest BCUT2D eigenvalue weighted by molar-refractivity contribution is 0.293. The van der Waals surface area contributed by atoms with Crippen molar-refractivity contribution in [3.8, 4) is 0 Å². The van der Waals surface area contributed by atoms with Gasteiger partial charge in [0, 0.05) is 6.04 Å². The van der Waals surface area contributed by atoms with Gasteiger partial charge in [0.2, 0.25) is 10.0 Å². The Hall–Kier alpha value is -0.170. The predicted molar refractivity (Wildman–Crippen MR) is 91.2 cm³/mol. The molecule has 0 aliphatic carbocycles. The van der Waals surface area contributed by atoms with E-state index in [0.717, 1.165) is 52.0 Å². The van der Waals surface area contributed by atoms with E-state index in [9.17, 15) is 8.42 Å². The highest BCUT2D eigenvalue weighted by molar-refractivity contribution is 7.89. The molecule has 21 heavy (non-hydrogen) atoms. The molecule has 0 amide bonds. The summed E-state index contributed by atoms with van der Waals surface area (Å²) in [5, 5.41) is 3.20. The van der Waals surface area contributed by atoms with Crippen LogP contribution in [0.15, 0.2) is 0 Å². The molecule has 0 radical (unpaired) electrons. The molecule has 0 aromatic carbocycles. The highest BCUT2D eigenvalue weighted by Crippen LogP contribution is 2.03. The SMILES string of the molecule is CCNCCCCS(=O)(=O)NC(C)CCCN(CC)CC. The number of unbranched alkanes of at least 4 members (excludes halogenated alkanes) is 1. The van der Waals surface area contributed by atoms with Gasteiger partial charge in [0.05, 0.1) is 5.75 Å². The van der Waals surface area contributed by atoms with Gasteiger partial charge in [0.25, 0.3) is 0 Å². The molecule has 0 rings (SSSR count). The monoisotopic (exact) mass is 321 g/mol. The number of hydrogen-bond acceptors (Lipinski definition) is 4. The van der Waals surface area contributed by atoms with E-state index in [0.29, 0.717) is 6.42 Å². The molecule has 1 unspecified atom stereocenters. The Kier molecular flexibility index (Phi) is 12.3. The summed E-state index contributed by atoms with van der Waals surface area (Å²) < 4.78 is 26.7. The fourth-order valence-corrected chi connectivity index (χ4v) is 3.74. The molecule has 2 N–H and O–H groups in total. The van der Waals surface area contributed by atoms with Gasteiger partial charge in [0.15, 0.2) is 0 Å². The second kappa shape index (κ2) is 12.4. The van der Waals surface area contributed by atoms with E-state index in [1.165, 1.54) is 0 Å². The fourth-order valence-electron chi connectivity index (χ4n) is 2.30. The highest BCUT2D eigenvalue weighted by atomic mass is 32.2. The average molecular weight is 322 g/mol. The van der Waals surface area contributed by atoms with Crippen LogP contribution in [0.25, 0.3) is 0 Å². The van der Waals surface area contributed by atoms with Crippen LogP contribution in [-0.4, -0.2) is 57.8 Å². The van der Waals surface area contributed by atoms with Gasteiger partial charge in [-0.1, -0.05) is 20.8 Å². The van der Waals surface area contributed by atoms with Crippen LogP contribution in [0.1, 0.15) is 53.4 Å². The summed E-state index contributed by atoms with van der Waals surface area (Å²) in [7, 11) is -3.12. The average Bonchev–Trinajstić information content (AvgIpc) is 2.42. The zero-order valence-corrected chi connectivity index (χ0v) is 15.1. The molecule has 1 atom stereocenters. The normalized spacial score (nSPS) is 13.8. The van der Waals surface area contributed by atoms with E-state index >= 15 is 0 Å². The summed E-state index contributed by atoms with van der Waals surface area (Å²) in [6.07, 6.45) is 3.55. The van der Waals surface area contributed by atoms with Crippen LogP contribution in [0.2, 0.25) is 0 Å². The van der Waals surface area contributed by atoms with Crippen LogP contribution < -0.4 is 10.0 Å². The first-order valence-electron chi connectivity index (χ1n) is 8.38. The lowest BCUT2D eigenvalue weighted by Gasteiger charge is -2.19. The van der Waals surface area contributed by atoms with Crippen molar-refractivity contribution in [2.45, 2.75) is 59.4 Å². The molecule has 6 heteroatoms. The van der Waals surface area contributed by atoms with Crippen molar-refractivity contribution >= 4 is 10.0 Å². The third kappa shape index (κ3) is 12.1. The van der Waals surface area contributed by atoms with Crippen molar-refractivity contribution in [1.29, 1.82) is 0 Å². The number of nitrogens with zero attached hydrogens (tertiary/aromatic N) is 1. The summed E-state index contributed by atoms with van der Waals surface area (Å²) in [6.45, 7) is 13.3. The van der Waals surface area contributed by atoms with Crippen LogP contribution in [0.4, 0.5) is 0 Å². The third-order valence-corrected chi connectivity index (χ3v) is 5.24. The van der Waals surface area contributed by atoms with Gasteiger partial charge in [-0.3, -0.25) is 0 Å². The lowest BCUT2D eigenvalue weighted by atomic mass is 10.2. The molecular formula is C15H35N3O2S. The molecule has 0 aliphatic heterocycles. The number of nitrogens with one attached hydrogen (secondary N) is 2. The zero-order chi connectivity index (χ0) is 16.1. The minimum atomic E-state index is -3.12. The van der Waals surface area contributed by atoms with Crippen molar-refractivity contribution in [2.24, 2.45) is 0 Å². The highest BCUT2D eigenvalue weighted by Gasteiger charge is 2.14. The molecule has 0 spiro atoms. The molecule has 128 valence electrons. The van der Waals surface area contributed by atoms with Crippen molar-refractivity contribution in [3.63, 3.8) is 0 Å². The topological polar surface area (TPSA) is 61.4 Å². The van der Waals surface area contributed by atoms with E-state index in [1.54, 1.807) is 0 Å². The molecule has 0 saturated heterocycles. The Bertz CT molecular complexity index is 330. The van der Waals surface area contributed by atoms with Crippen LogP contribution in [0.3, 0.4) is 0 Å². The van der Waals surface area contributed by atoms with Gasteiger partial charge in [-0.15, -0.1) is 0 Å². The summed E-state index contributed by atoms with van der Waals surface area (Å²) in [6, 6.07) is 0.0272. The maximum Gasteiger partial charge on any atom is 0.211 e. The molecule has 0 aliphatic rings. The van der Waals surface area contributed by atoms with E-state index in [2.05, 4.69) is 35.7 Å². The van der Waals surface area contributed by atoms with Gasteiger partial charge >= 0.3 is 0 Å². The van der Waals surface area contributed by atoms with Crippen molar-refractivity contribution in [2.75, 3.05) is 38.5 Å². The minimum Gasteiger partial charge on any atom is -0.317 e. The van der Waals surface area contributed by atoms with Gasteiger partial charge in [-0.05, 0) is 65.3 Å². The van der Waals surface area contributed by atoms with Crippen LogP contribution in [0, 0.1) is 0 Å².